The second-order valence-electron chi connectivity index (χ2n) is 6.65. The number of aliphatic hydroxyl groups is 2. The van der Waals surface area contributed by atoms with Crippen LogP contribution in [0.2, 0.25) is 0 Å². The van der Waals surface area contributed by atoms with Crippen LogP contribution in [-0.4, -0.2) is 57.1 Å². The van der Waals surface area contributed by atoms with Crippen molar-refractivity contribution >= 4 is 12.3 Å². The van der Waals surface area contributed by atoms with Gasteiger partial charge in [0.15, 0.2) is 18.6 Å². The Kier molecular flexibility index (Phi) is 6.82. The van der Waals surface area contributed by atoms with Crippen LogP contribution in [0.1, 0.15) is 11.8 Å². The van der Waals surface area contributed by atoms with E-state index in [9.17, 15) is 24.2 Å². The normalized spacial score (nSPS) is 26.0. The van der Waals surface area contributed by atoms with Crippen LogP contribution in [0.3, 0.4) is 0 Å². The first-order valence-corrected chi connectivity index (χ1v) is 9.10. The molecule has 0 spiro atoms. The average Bonchev–Trinajstić information content (AvgIpc) is 3.00. The first-order valence-electron chi connectivity index (χ1n) is 9.10. The summed E-state index contributed by atoms with van der Waals surface area (Å²) >= 11 is 0. The van der Waals surface area contributed by atoms with E-state index < -0.39 is 42.8 Å². The molecule has 1 aliphatic heterocycles. The predicted molar refractivity (Wildman–Crippen MR) is 103 cm³/mol. The smallest absolute Gasteiger partial charge is 0.351 e. The van der Waals surface area contributed by atoms with Gasteiger partial charge in [0.25, 0.3) is 6.47 Å². The summed E-state index contributed by atoms with van der Waals surface area (Å²) in [4.78, 5) is 29.5. The van der Waals surface area contributed by atoms with Gasteiger partial charge in [-0.15, -0.1) is 0 Å². The van der Waals surface area contributed by atoms with Crippen LogP contribution in [0.4, 0.5) is 10.2 Å². The Hall–Kier alpha value is -3.51. The molecule has 31 heavy (non-hydrogen) atoms. The van der Waals surface area contributed by atoms with Crippen molar-refractivity contribution in [3.05, 3.63) is 69.1 Å². The molecule has 12 nitrogen and oxygen atoms in total. The van der Waals surface area contributed by atoms with Gasteiger partial charge >= 0.3 is 5.69 Å². The van der Waals surface area contributed by atoms with E-state index in [4.69, 9.17) is 15.0 Å². The lowest BCUT2D eigenvalue weighted by Gasteiger charge is -2.23. The van der Waals surface area contributed by atoms with Gasteiger partial charge in [-0.25, -0.2) is 9.18 Å². The van der Waals surface area contributed by atoms with Crippen molar-refractivity contribution in [2.24, 2.45) is 5.11 Å². The standard InChI is InChI=1S/C18H19FN6O6/c19-14-15(28)18(9-26,23-24-20)31-16(14)25-7-6-12(22-17(25)29)21-13(30-10-27)8-11-4-2-1-3-5-11/h1-7,10,13-16,26,28H,8-9H2,(H,21,22,29)/t13-,14+,15?,16?,18-/m1/s1. The Morgan fingerprint density at radius 2 is 2.19 bits per heavy atom. The fraction of sp³-hybridized carbons (Fsp3) is 0.389. The van der Waals surface area contributed by atoms with Crippen molar-refractivity contribution in [1.82, 2.24) is 9.55 Å². The highest BCUT2D eigenvalue weighted by Crippen LogP contribution is 2.39. The molecule has 164 valence electrons. The van der Waals surface area contributed by atoms with Crippen molar-refractivity contribution in [3.63, 3.8) is 0 Å². The molecule has 0 amide bonds. The molecule has 1 aromatic heterocycles. The summed E-state index contributed by atoms with van der Waals surface area (Å²) in [6, 6.07) is 10.4. The number of azide groups is 1. The van der Waals surface area contributed by atoms with Crippen LogP contribution in [0.25, 0.3) is 10.4 Å². The highest BCUT2D eigenvalue weighted by molar-refractivity contribution is 5.40. The molecule has 1 aliphatic rings. The van der Waals surface area contributed by atoms with E-state index in [-0.39, 0.29) is 12.3 Å². The largest absolute Gasteiger partial charge is 0.444 e. The number of anilines is 1. The molecule has 2 heterocycles. The van der Waals surface area contributed by atoms with E-state index in [0.29, 0.717) is 6.42 Å². The van der Waals surface area contributed by atoms with Crippen LogP contribution in [-0.2, 0) is 20.7 Å². The minimum atomic E-state index is -2.27. The molecule has 0 radical (unpaired) electrons. The third-order valence-corrected chi connectivity index (χ3v) is 4.70. The lowest BCUT2D eigenvalue weighted by atomic mass is 10.1. The fourth-order valence-electron chi connectivity index (χ4n) is 3.16. The summed E-state index contributed by atoms with van der Waals surface area (Å²) < 4.78 is 25.5. The number of carbonyl (C=O) groups is 1. The molecular weight excluding hydrogens is 415 g/mol. The Morgan fingerprint density at radius 1 is 1.45 bits per heavy atom. The molecule has 2 unspecified atom stereocenters. The van der Waals surface area contributed by atoms with Gasteiger partial charge < -0.3 is 25.0 Å². The monoisotopic (exact) mass is 434 g/mol. The molecule has 5 atom stereocenters. The fourth-order valence-corrected chi connectivity index (χ4v) is 3.16. The van der Waals surface area contributed by atoms with Crippen LogP contribution in [0, 0.1) is 0 Å². The quantitative estimate of drug-likeness (QED) is 0.169. The maximum Gasteiger partial charge on any atom is 0.351 e. The van der Waals surface area contributed by atoms with E-state index in [1.165, 1.54) is 6.07 Å². The molecule has 3 rings (SSSR count). The minimum Gasteiger partial charge on any atom is -0.444 e. The molecule has 1 aromatic carbocycles. The van der Waals surface area contributed by atoms with Gasteiger partial charge in [0, 0.05) is 17.5 Å². The van der Waals surface area contributed by atoms with Gasteiger partial charge in [0.05, 0.1) is 6.61 Å². The summed E-state index contributed by atoms with van der Waals surface area (Å²) in [6.45, 7) is -0.741. The van der Waals surface area contributed by atoms with E-state index in [0.717, 1.165) is 16.3 Å². The summed E-state index contributed by atoms with van der Waals surface area (Å²) in [5.41, 5.74) is 6.25. The molecule has 1 saturated heterocycles. The summed E-state index contributed by atoms with van der Waals surface area (Å²) in [5, 5.41) is 25.4. The van der Waals surface area contributed by atoms with Gasteiger partial charge in [0.2, 0.25) is 5.72 Å². The van der Waals surface area contributed by atoms with E-state index in [2.05, 4.69) is 20.3 Å². The number of benzene rings is 1. The topological polar surface area (TPSA) is 172 Å². The van der Waals surface area contributed by atoms with Gasteiger partial charge in [-0.3, -0.25) is 9.36 Å². The molecule has 2 aromatic rings. The number of rotatable bonds is 9. The molecular formula is C18H19FN6O6. The van der Waals surface area contributed by atoms with Gasteiger partial charge in [0.1, 0.15) is 11.9 Å². The van der Waals surface area contributed by atoms with Crippen molar-refractivity contribution in [2.45, 2.75) is 36.9 Å². The maximum absolute atomic E-state index is 14.6. The van der Waals surface area contributed by atoms with Crippen LogP contribution in [0.15, 0.2) is 52.5 Å². The predicted octanol–water partition coefficient (Wildman–Crippen LogP) is 0.624. The van der Waals surface area contributed by atoms with Crippen molar-refractivity contribution < 1.29 is 28.9 Å². The van der Waals surface area contributed by atoms with E-state index in [1.54, 1.807) is 0 Å². The average molecular weight is 434 g/mol. The zero-order chi connectivity index (χ0) is 22.4. The van der Waals surface area contributed by atoms with Crippen molar-refractivity contribution in [3.8, 4) is 0 Å². The number of ether oxygens (including phenoxy) is 2. The molecule has 3 N–H and O–H groups in total. The minimum absolute atomic E-state index is 0.0430. The second-order valence-corrected chi connectivity index (χ2v) is 6.65. The number of nitrogens with one attached hydrogen (secondary N) is 1. The van der Waals surface area contributed by atoms with E-state index in [1.807, 2.05) is 30.3 Å². The third-order valence-electron chi connectivity index (χ3n) is 4.70. The van der Waals surface area contributed by atoms with Crippen LogP contribution < -0.4 is 11.0 Å². The van der Waals surface area contributed by atoms with Gasteiger partial charge in [-0.05, 0) is 17.2 Å². The third kappa shape index (κ3) is 4.64. The van der Waals surface area contributed by atoms with Gasteiger partial charge in [-0.1, -0.05) is 35.4 Å². The molecule has 13 heteroatoms. The first-order chi connectivity index (χ1) is 14.9. The summed E-state index contributed by atoms with van der Waals surface area (Å²) in [7, 11) is 0. The summed E-state index contributed by atoms with van der Waals surface area (Å²) in [5.74, 6) is 0.0430. The van der Waals surface area contributed by atoms with Crippen LogP contribution >= 0.6 is 0 Å². The Bertz CT molecular complexity index is 1020. The first kappa shape index (κ1) is 22.2. The molecule has 1 fully saturated rings. The number of nitrogens with zero attached hydrogens (tertiary/aromatic N) is 5. The number of hydrogen-bond donors (Lipinski definition) is 3. The Balaban J connectivity index is 1.80. The highest BCUT2D eigenvalue weighted by atomic mass is 19.1. The Labute approximate surface area is 174 Å². The number of aromatic nitrogens is 2. The lowest BCUT2D eigenvalue weighted by molar-refractivity contribution is -0.132. The SMILES string of the molecule is [N-]=[N+]=N[C@]1(CO)OC(n2ccc(N[C@@H](Cc3ccccc3)OC=O)nc2=O)[C@@H](F)C1O. The zero-order valence-electron chi connectivity index (χ0n) is 16.0. The lowest BCUT2D eigenvalue weighted by Crippen LogP contribution is -2.43. The number of hydrogen-bond acceptors (Lipinski definition) is 9. The molecule has 0 saturated carbocycles. The maximum atomic E-state index is 14.6. The number of halogens is 1. The Morgan fingerprint density at radius 3 is 2.81 bits per heavy atom. The zero-order valence-corrected chi connectivity index (χ0v) is 16.0. The molecule has 0 aliphatic carbocycles. The van der Waals surface area contributed by atoms with Crippen molar-refractivity contribution in [2.75, 3.05) is 11.9 Å². The second kappa shape index (κ2) is 9.53. The number of aliphatic hydroxyl groups excluding tert-OH is 2. The summed E-state index contributed by atoms with van der Waals surface area (Å²) in [6.07, 6.45) is -5.26. The highest BCUT2D eigenvalue weighted by Gasteiger charge is 2.56. The number of alkyl halides is 1. The van der Waals surface area contributed by atoms with Gasteiger partial charge in [-0.2, -0.15) is 4.98 Å². The number of carbonyl (C=O) groups excluding carboxylic acids is 1. The van der Waals surface area contributed by atoms with Crippen molar-refractivity contribution in [1.29, 1.82) is 0 Å². The van der Waals surface area contributed by atoms with E-state index >= 15 is 0 Å². The molecule has 0 bridgehead atoms. The van der Waals surface area contributed by atoms with Crippen LogP contribution in [0.5, 0.6) is 0 Å².